The molecule has 1 aromatic carbocycles. The average molecular weight is 325 g/mol. The molecule has 2 heterocycles. The summed E-state index contributed by atoms with van der Waals surface area (Å²) in [6, 6.07) is 10.0. The Bertz CT molecular complexity index is 794. The van der Waals surface area contributed by atoms with E-state index in [1.807, 2.05) is 48.1 Å². The van der Waals surface area contributed by atoms with Crippen LogP contribution in [0.1, 0.15) is 24.5 Å². The van der Waals surface area contributed by atoms with Crippen molar-refractivity contribution >= 4 is 11.9 Å². The number of carbonyl (C=O) groups excluding carboxylic acids is 1. The highest BCUT2D eigenvalue weighted by Crippen LogP contribution is 2.05. The number of hydrogen-bond acceptors (Lipinski definition) is 5. The van der Waals surface area contributed by atoms with Gasteiger partial charge >= 0.3 is 0 Å². The molecule has 1 amide bonds. The molecule has 0 unspecified atom stereocenters. The van der Waals surface area contributed by atoms with Crippen molar-refractivity contribution in [3.8, 4) is 0 Å². The van der Waals surface area contributed by atoms with Crippen LogP contribution < -0.4 is 5.32 Å². The maximum atomic E-state index is 12.1. The summed E-state index contributed by atoms with van der Waals surface area (Å²) in [5, 5.41) is 18.7. The number of amides is 1. The molecule has 24 heavy (non-hydrogen) atoms. The SMILES string of the molecule is CCCn1nnc(NC(=O)Cc2cnn(Cc3ccccc3)c2)n1. The average Bonchev–Trinajstić information content (AvgIpc) is 3.18. The molecule has 0 bridgehead atoms. The van der Waals surface area contributed by atoms with E-state index in [0.717, 1.165) is 17.5 Å². The molecule has 0 atom stereocenters. The number of anilines is 1. The van der Waals surface area contributed by atoms with Crippen LogP contribution >= 0.6 is 0 Å². The Morgan fingerprint density at radius 1 is 1.21 bits per heavy atom. The number of carbonyl (C=O) groups is 1. The Balaban J connectivity index is 1.54. The fraction of sp³-hybridized carbons (Fsp3) is 0.312. The van der Waals surface area contributed by atoms with Crippen LogP contribution in [-0.4, -0.2) is 35.9 Å². The molecular formula is C16H19N7O. The van der Waals surface area contributed by atoms with Gasteiger partial charge in [-0.05, 0) is 22.8 Å². The first kappa shape index (κ1) is 15.9. The summed E-state index contributed by atoms with van der Waals surface area (Å²) in [4.78, 5) is 13.5. The van der Waals surface area contributed by atoms with Crippen LogP contribution in [0.3, 0.4) is 0 Å². The normalized spacial score (nSPS) is 10.7. The molecule has 8 nitrogen and oxygen atoms in total. The molecule has 0 spiro atoms. The van der Waals surface area contributed by atoms with E-state index in [-0.39, 0.29) is 18.3 Å². The van der Waals surface area contributed by atoms with Gasteiger partial charge in [0.25, 0.3) is 5.95 Å². The van der Waals surface area contributed by atoms with Gasteiger partial charge < -0.3 is 0 Å². The Morgan fingerprint density at radius 3 is 2.83 bits per heavy atom. The molecule has 2 aromatic heterocycles. The first-order valence-corrected chi connectivity index (χ1v) is 7.86. The molecule has 0 saturated carbocycles. The minimum atomic E-state index is -0.190. The van der Waals surface area contributed by atoms with Gasteiger partial charge in [-0.15, -0.1) is 5.10 Å². The molecule has 0 radical (unpaired) electrons. The number of benzene rings is 1. The molecule has 8 heteroatoms. The quantitative estimate of drug-likeness (QED) is 0.711. The lowest BCUT2D eigenvalue weighted by Crippen LogP contribution is -2.15. The Hall–Kier alpha value is -3.03. The zero-order valence-electron chi connectivity index (χ0n) is 13.5. The molecule has 0 saturated heterocycles. The highest BCUT2D eigenvalue weighted by Gasteiger charge is 2.10. The fourth-order valence-electron chi connectivity index (χ4n) is 2.30. The number of nitrogens with one attached hydrogen (secondary N) is 1. The number of aryl methyl sites for hydroxylation is 1. The van der Waals surface area contributed by atoms with E-state index < -0.39 is 0 Å². The minimum Gasteiger partial charge on any atom is -0.292 e. The molecule has 3 rings (SSSR count). The predicted octanol–water partition coefficient (Wildman–Crippen LogP) is 1.51. The summed E-state index contributed by atoms with van der Waals surface area (Å²) in [5.74, 6) is 0.0374. The van der Waals surface area contributed by atoms with Gasteiger partial charge in [0.1, 0.15) is 0 Å². The van der Waals surface area contributed by atoms with Crippen molar-refractivity contribution in [1.82, 2.24) is 30.0 Å². The number of hydrogen-bond donors (Lipinski definition) is 1. The zero-order chi connectivity index (χ0) is 16.8. The number of nitrogens with zero attached hydrogens (tertiary/aromatic N) is 6. The van der Waals surface area contributed by atoms with Gasteiger partial charge in [0.2, 0.25) is 5.91 Å². The van der Waals surface area contributed by atoms with E-state index in [2.05, 4.69) is 25.8 Å². The lowest BCUT2D eigenvalue weighted by atomic mass is 10.2. The third-order valence-electron chi connectivity index (χ3n) is 3.37. The standard InChI is InChI=1S/C16H19N7O/c1-2-8-23-20-16(19-21-23)18-15(24)9-14-10-17-22(12-14)11-13-6-4-3-5-7-13/h3-7,10,12H,2,8-9,11H2,1H3,(H,18,20,24). The Labute approximate surface area is 139 Å². The van der Waals surface area contributed by atoms with Crippen molar-refractivity contribution in [2.75, 3.05) is 5.32 Å². The lowest BCUT2D eigenvalue weighted by molar-refractivity contribution is -0.115. The number of rotatable bonds is 7. The molecule has 3 aromatic rings. The van der Waals surface area contributed by atoms with Crippen molar-refractivity contribution in [2.24, 2.45) is 0 Å². The van der Waals surface area contributed by atoms with E-state index in [1.54, 1.807) is 6.20 Å². The highest BCUT2D eigenvalue weighted by atomic mass is 16.1. The highest BCUT2D eigenvalue weighted by molar-refractivity contribution is 5.90. The summed E-state index contributed by atoms with van der Waals surface area (Å²) >= 11 is 0. The van der Waals surface area contributed by atoms with Crippen LogP contribution in [0.4, 0.5) is 5.95 Å². The van der Waals surface area contributed by atoms with Gasteiger partial charge in [0, 0.05) is 6.20 Å². The van der Waals surface area contributed by atoms with Gasteiger partial charge in [0.05, 0.1) is 25.7 Å². The third-order valence-corrected chi connectivity index (χ3v) is 3.37. The van der Waals surface area contributed by atoms with Crippen molar-refractivity contribution in [3.63, 3.8) is 0 Å². The van der Waals surface area contributed by atoms with E-state index in [9.17, 15) is 4.79 Å². The summed E-state index contributed by atoms with van der Waals surface area (Å²) in [5.41, 5.74) is 2.00. The fourth-order valence-corrected chi connectivity index (χ4v) is 2.30. The maximum absolute atomic E-state index is 12.1. The summed E-state index contributed by atoms with van der Waals surface area (Å²) < 4.78 is 1.81. The lowest BCUT2D eigenvalue weighted by Gasteiger charge is -2.01. The Morgan fingerprint density at radius 2 is 2.04 bits per heavy atom. The van der Waals surface area contributed by atoms with Crippen LogP contribution in [0.15, 0.2) is 42.7 Å². The first-order valence-electron chi connectivity index (χ1n) is 7.86. The third kappa shape index (κ3) is 4.25. The van der Waals surface area contributed by atoms with Gasteiger partial charge in [-0.3, -0.25) is 14.8 Å². The van der Waals surface area contributed by atoms with E-state index in [0.29, 0.717) is 13.1 Å². The van der Waals surface area contributed by atoms with Gasteiger partial charge in [-0.25, -0.2) is 0 Å². The van der Waals surface area contributed by atoms with Gasteiger partial charge in [-0.1, -0.05) is 42.4 Å². The molecule has 0 aliphatic carbocycles. The zero-order valence-corrected chi connectivity index (χ0v) is 13.5. The monoisotopic (exact) mass is 325 g/mol. The minimum absolute atomic E-state index is 0.190. The molecule has 0 fully saturated rings. The first-order chi connectivity index (χ1) is 11.7. The van der Waals surface area contributed by atoms with Gasteiger partial charge in [0.15, 0.2) is 0 Å². The van der Waals surface area contributed by atoms with Crippen LogP contribution in [0, 0.1) is 0 Å². The molecule has 1 N–H and O–H groups in total. The van der Waals surface area contributed by atoms with Crippen LogP contribution in [0.25, 0.3) is 0 Å². The molecular weight excluding hydrogens is 306 g/mol. The van der Waals surface area contributed by atoms with Crippen LogP contribution in [0.2, 0.25) is 0 Å². The Kier molecular flexibility index (Phi) is 4.95. The summed E-state index contributed by atoms with van der Waals surface area (Å²) in [7, 11) is 0. The maximum Gasteiger partial charge on any atom is 0.270 e. The second kappa shape index (κ2) is 7.49. The summed E-state index contributed by atoms with van der Waals surface area (Å²) in [6.45, 7) is 3.37. The number of tetrazole rings is 1. The summed E-state index contributed by atoms with van der Waals surface area (Å²) in [6.07, 6.45) is 4.69. The van der Waals surface area contributed by atoms with Crippen molar-refractivity contribution in [1.29, 1.82) is 0 Å². The van der Waals surface area contributed by atoms with E-state index in [4.69, 9.17) is 0 Å². The number of aromatic nitrogens is 6. The van der Waals surface area contributed by atoms with Crippen LogP contribution in [0.5, 0.6) is 0 Å². The second-order valence-electron chi connectivity index (χ2n) is 5.47. The smallest absolute Gasteiger partial charge is 0.270 e. The molecule has 124 valence electrons. The van der Waals surface area contributed by atoms with Gasteiger partial charge in [-0.2, -0.15) is 9.90 Å². The second-order valence-corrected chi connectivity index (χ2v) is 5.47. The van der Waals surface area contributed by atoms with E-state index >= 15 is 0 Å². The van der Waals surface area contributed by atoms with Crippen molar-refractivity contribution < 1.29 is 4.79 Å². The molecule has 0 aliphatic heterocycles. The van der Waals surface area contributed by atoms with E-state index in [1.165, 1.54) is 4.80 Å². The largest absolute Gasteiger partial charge is 0.292 e. The topological polar surface area (TPSA) is 90.5 Å². The van der Waals surface area contributed by atoms with Crippen molar-refractivity contribution in [2.45, 2.75) is 32.9 Å². The van der Waals surface area contributed by atoms with Crippen molar-refractivity contribution in [3.05, 3.63) is 53.9 Å². The molecule has 0 aliphatic rings. The predicted molar refractivity (Wildman–Crippen MR) is 88.2 cm³/mol. The van der Waals surface area contributed by atoms with Crippen LogP contribution in [-0.2, 0) is 24.3 Å².